The lowest BCUT2D eigenvalue weighted by Gasteiger charge is -2.16. The van der Waals surface area contributed by atoms with Gasteiger partial charge in [0.15, 0.2) is 0 Å². The monoisotopic (exact) mass is 243 g/mol. The first-order valence-corrected chi connectivity index (χ1v) is 7.63. The van der Waals surface area contributed by atoms with Gasteiger partial charge in [0.2, 0.25) is 0 Å². The molecule has 0 saturated heterocycles. The first-order valence-electron chi connectivity index (χ1n) is 7.63. The van der Waals surface area contributed by atoms with Crippen molar-refractivity contribution in [1.29, 1.82) is 0 Å². The van der Waals surface area contributed by atoms with Crippen LogP contribution in [0.4, 0.5) is 0 Å². The molecule has 98 valence electrons. The van der Waals surface area contributed by atoms with E-state index in [2.05, 4.69) is 30.4 Å². The minimum absolute atomic E-state index is 0.599. The van der Waals surface area contributed by atoms with Crippen molar-refractivity contribution in [1.82, 2.24) is 5.32 Å². The fourth-order valence-electron chi connectivity index (χ4n) is 3.29. The maximum Gasteiger partial charge on any atom is 0.00110 e. The summed E-state index contributed by atoms with van der Waals surface area (Å²) in [6.07, 6.45) is 9.35. The summed E-state index contributed by atoms with van der Waals surface area (Å²) in [6.45, 7) is 4.64. The van der Waals surface area contributed by atoms with Crippen molar-refractivity contribution in [3.05, 3.63) is 34.9 Å². The molecule has 3 rings (SSSR count). The Labute approximate surface area is 111 Å². The summed E-state index contributed by atoms with van der Waals surface area (Å²) in [7, 11) is 0. The fraction of sp³-hybridized carbons (Fsp3) is 0.647. The van der Waals surface area contributed by atoms with Crippen molar-refractivity contribution in [2.24, 2.45) is 5.41 Å². The van der Waals surface area contributed by atoms with Crippen molar-refractivity contribution in [3.63, 3.8) is 0 Å². The summed E-state index contributed by atoms with van der Waals surface area (Å²) >= 11 is 0. The molecule has 0 radical (unpaired) electrons. The molecule has 0 aromatic heterocycles. The lowest BCUT2D eigenvalue weighted by atomic mass is 9.94. The summed E-state index contributed by atoms with van der Waals surface area (Å²) in [5, 5.41) is 3.61. The average molecular weight is 243 g/mol. The van der Waals surface area contributed by atoms with E-state index in [4.69, 9.17) is 0 Å². The van der Waals surface area contributed by atoms with Gasteiger partial charge in [0, 0.05) is 6.54 Å². The van der Waals surface area contributed by atoms with Gasteiger partial charge in [0.1, 0.15) is 0 Å². The molecule has 0 atom stereocenters. The Morgan fingerprint density at radius 2 is 2.00 bits per heavy atom. The maximum atomic E-state index is 3.61. The molecule has 1 aromatic carbocycles. The van der Waals surface area contributed by atoms with E-state index >= 15 is 0 Å². The predicted octanol–water partition coefficient (Wildman–Crippen LogP) is 3.50. The number of fused-ring (bicyclic) bond motifs is 1. The highest BCUT2D eigenvalue weighted by Crippen LogP contribution is 2.48. The van der Waals surface area contributed by atoms with Crippen LogP contribution in [0.3, 0.4) is 0 Å². The van der Waals surface area contributed by atoms with E-state index in [-0.39, 0.29) is 0 Å². The fourth-order valence-corrected chi connectivity index (χ4v) is 3.29. The summed E-state index contributed by atoms with van der Waals surface area (Å²) in [4.78, 5) is 0. The number of hydrogen-bond acceptors (Lipinski definition) is 1. The van der Waals surface area contributed by atoms with Crippen LogP contribution in [-0.2, 0) is 19.3 Å². The van der Waals surface area contributed by atoms with Gasteiger partial charge in [-0.1, -0.05) is 25.1 Å². The largest absolute Gasteiger partial charge is 0.316 e. The van der Waals surface area contributed by atoms with Crippen LogP contribution in [0.25, 0.3) is 0 Å². The average Bonchev–Trinajstić information content (AvgIpc) is 2.97. The molecule has 0 spiro atoms. The van der Waals surface area contributed by atoms with Crippen molar-refractivity contribution < 1.29 is 0 Å². The number of benzene rings is 1. The van der Waals surface area contributed by atoms with E-state index in [1.54, 1.807) is 16.7 Å². The third kappa shape index (κ3) is 2.61. The van der Waals surface area contributed by atoms with Crippen LogP contribution >= 0.6 is 0 Å². The van der Waals surface area contributed by atoms with E-state index in [1.807, 2.05) is 0 Å². The Hall–Kier alpha value is -0.820. The Morgan fingerprint density at radius 1 is 1.17 bits per heavy atom. The third-order valence-corrected chi connectivity index (χ3v) is 4.63. The van der Waals surface area contributed by atoms with Gasteiger partial charge in [-0.25, -0.2) is 0 Å². The first kappa shape index (κ1) is 12.2. The van der Waals surface area contributed by atoms with Crippen LogP contribution in [0.15, 0.2) is 18.2 Å². The van der Waals surface area contributed by atoms with E-state index in [1.165, 1.54) is 58.0 Å². The van der Waals surface area contributed by atoms with Gasteiger partial charge in [-0.05, 0) is 73.6 Å². The number of hydrogen-bond donors (Lipinski definition) is 1. The molecular weight excluding hydrogens is 218 g/mol. The molecule has 0 amide bonds. The Bertz CT molecular complexity index is 418. The van der Waals surface area contributed by atoms with Gasteiger partial charge in [-0.3, -0.25) is 0 Å². The normalized spacial score (nSPS) is 19.8. The van der Waals surface area contributed by atoms with E-state index in [9.17, 15) is 0 Å². The molecule has 2 aliphatic carbocycles. The topological polar surface area (TPSA) is 12.0 Å². The first-order chi connectivity index (χ1) is 8.81. The smallest absolute Gasteiger partial charge is 0.00110 e. The second kappa shape index (κ2) is 5.05. The van der Waals surface area contributed by atoms with Crippen LogP contribution < -0.4 is 5.32 Å². The van der Waals surface area contributed by atoms with Crippen LogP contribution in [-0.4, -0.2) is 13.1 Å². The van der Waals surface area contributed by atoms with Gasteiger partial charge in [-0.2, -0.15) is 0 Å². The summed E-state index contributed by atoms with van der Waals surface area (Å²) < 4.78 is 0. The molecular formula is C17H25N. The molecule has 0 heterocycles. The molecule has 18 heavy (non-hydrogen) atoms. The zero-order valence-corrected chi connectivity index (χ0v) is 11.6. The van der Waals surface area contributed by atoms with Crippen LogP contribution in [0, 0.1) is 5.41 Å². The molecule has 1 N–H and O–H groups in total. The van der Waals surface area contributed by atoms with E-state index in [0.717, 1.165) is 0 Å². The van der Waals surface area contributed by atoms with Crippen molar-refractivity contribution in [2.45, 2.75) is 51.9 Å². The van der Waals surface area contributed by atoms with Crippen LogP contribution in [0.1, 0.15) is 49.3 Å². The Balaban J connectivity index is 1.62. The summed E-state index contributed by atoms with van der Waals surface area (Å²) in [6, 6.07) is 7.25. The zero-order valence-electron chi connectivity index (χ0n) is 11.6. The summed E-state index contributed by atoms with van der Waals surface area (Å²) in [5.41, 5.74) is 5.41. The van der Waals surface area contributed by atoms with Crippen molar-refractivity contribution in [3.8, 4) is 0 Å². The highest BCUT2D eigenvalue weighted by Gasteiger charge is 2.41. The van der Waals surface area contributed by atoms with Crippen molar-refractivity contribution in [2.75, 3.05) is 13.1 Å². The van der Waals surface area contributed by atoms with Crippen LogP contribution in [0.2, 0.25) is 0 Å². The second-order valence-electron chi connectivity index (χ2n) is 6.31. The van der Waals surface area contributed by atoms with E-state index < -0.39 is 0 Å². The predicted molar refractivity (Wildman–Crippen MR) is 77.0 cm³/mol. The highest BCUT2D eigenvalue weighted by atomic mass is 14.9. The molecule has 1 aromatic rings. The zero-order chi connectivity index (χ0) is 12.4. The van der Waals surface area contributed by atoms with Gasteiger partial charge < -0.3 is 5.32 Å². The minimum Gasteiger partial charge on any atom is -0.316 e. The quantitative estimate of drug-likeness (QED) is 0.754. The summed E-state index contributed by atoms with van der Waals surface area (Å²) in [5.74, 6) is 0. The van der Waals surface area contributed by atoms with Gasteiger partial charge >= 0.3 is 0 Å². The SMILES string of the molecule is CCCNCC1(Cc2ccc3c(c2)CCC3)CC1. The Kier molecular flexibility index (Phi) is 3.43. The number of nitrogens with one attached hydrogen (secondary N) is 1. The van der Waals surface area contributed by atoms with Crippen molar-refractivity contribution >= 4 is 0 Å². The maximum absolute atomic E-state index is 3.61. The standard InChI is InChI=1S/C17H25N/c1-2-10-18-13-17(8-9-17)12-14-6-7-15-4-3-5-16(15)11-14/h6-7,11,18H,2-5,8-10,12-13H2,1H3. The molecule has 0 aliphatic heterocycles. The molecule has 0 bridgehead atoms. The lowest BCUT2D eigenvalue weighted by Crippen LogP contribution is -2.26. The molecule has 1 nitrogen and oxygen atoms in total. The molecule has 0 unspecified atom stereocenters. The third-order valence-electron chi connectivity index (χ3n) is 4.63. The minimum atomic E-state index is 0.599. The highest BCUT2D eigenvalue weighted by molar-refractivity contribution is 5.36. The van der Waals surface area contributed by atoms with Gasteiger partial charge in [0.05, 0.1) is 0 Å². The molecule has 1 fully saturated rings. The lowest BCUT2D eigenvalue weighted by molar-refractivity contribution is 0.455. The van der Waals surface area contributed by atoms with Gasteiger partial charge in [0.25, 0.3) is 0 Å². The van der Waals surface area contributed by atoms with Gasteiger partial charge in [-0.15, -0.1) is 0 Å². The number of rotatable bonds is 6. The van der Waals surface area contributed by atoms with Crippen LogP contribution in [0.5, 0.6) is 0 Å². The number of aryl methyl sites for hydroxylation is 2. The second-order valence-corrected chi connectivity index (χ2v) is 6.31. The molecule has 2 aliphatic rings. The Morgan fingerprint density at radius 3 is 2.78 bits per heavy atom. The molecule has 1 heteroatoms. The molecule has 1 saturated carbocycles. The van der Waals surface area contributed by atoms with E-state index in [0.29, 0.717) is 5.41 Å².